The fourth-order valence-electron chi connectivity index (χ4n) is 1.97. The van der Waals surface area contributed by atoms with E-state index in [2.05, 4.69) is 4.98 Å². The van der Waals surface area contributed by atoms with Gasteiger partial charge in [-0.05, 0) is 24.3 Å². The number of aromatic nitrogens is 2. The molecule has 3 rings (SSSR count). The monoisotopic (exact) mass is 278 g/mol. The molecule has 0 radical (unpaired) electrons. The lowest BCUT2D eigenvalue weighted by molar-refractivity contribution is -0.137. The topological polar surface area (TPSA) is 37.5 Å². The van der Waals surface area contributed by atoms with Gasteiger partial charge in [-0.1, -0.05) is 12.1 Å². The van der Waals surface area contributed by atoms with Gasteiger partial charge in [-0.15, -0.1) is 0 Å². The van der Waals surface area contributed by atoms with Crippen LogP contribution in [0.4, 0.5) is 13.2 Å². The van der Waals surface area contributed by atoms with E-state index < -0.39 is 11.7 Å². The number of fused-ring (bicyclic) bond motifs is 1. The molecule has 0 atom stereocenters. The Morgan fingerprint density at radius 2 is 1.75 bits per heavy atom. The predicted molar refractivity (Wildman–Crippen MR) is 67.3 cm³/mol. The van der Waals surface area contributed by atoms with E-state index in [1.807, 2.05) is 0 Å². The van der Waals surface area contributed by atoms with Crippen LogP contribution in [0.2, 0.25) is 0 Å². The van der Waals surface area contributed by atoms with Crippen LogP contribution in [0.1, 0.15) is 5.56 Å². The quantitative estimate of drug-likeness (QED) is 0.736. The third-order valence-electron chi connectivity index (χ3n) is 2.97. The van der Waals surface area contributed by atoms with Gasteiger partial charge in [-0.25, -0.2) is 4.98 Å². The summed E-state index contributed by atoms with van der Waals surface area (Å²) in [5, 5.41) is 9.65. The summed E-state index contributed by atoms with van der Waals surface area (Å²) < 4.78 is 39.1. The Balaban J connectivity index is 2.05. The van der Waals surface area contributed by atoms with Gasteiger partial charge in [-0.3, -0.25) is 0 Å². The van der Waals surface area contributed by atoms with Crippen molar-refractivity contribution < 1.29 is 18.3 Å². The summed E-state index contributed by atoms with van der Waals surface area (Å²) in [6.07, 6.45) is -0.997. The first kappa shape index (κ1) is 12.5. The van der Waals surface area contributed by atoms with E-state index in [9.17, 15) is 18.3 Å². The lowest BCUT2D eigenvalue weighted by atomic mass is 10.1. The van der Waals surface area contributed by atoms with Crippen molar-refractivity contribution in [2.75, 3.05) is 0 Å². The molecule has 0 unspecified atom stereocenters. The third-order valence-corrected chi connectivity index (χ3v) is 2.97. The molecular formula is C14H9F3N2O. The molecule has 0 spiro atoms. The number of nitrogens with zero attached hydrogens (tertiary/aromatic N) is 2. The van der Waals surface area contributed by atoms with Gasteiger partial charge >= 0.3 is 6.18 Å². The maximum absolute atomic E-state index is 12.5. The SMILES string of the molecule is Oc1cccn2cc(-c3ccc(C(F)(F)F)cc3)nc12. The van der Waals surface area contributed by atoms with Gasteiger partial charge in [0.05, 0.1) is 11.3 Å². The van der Waals surface area contributed by atoms with E-state index in [4.69, 9.17) is 0 Å². The Morgan fingerprint density at radius 3 is 2.35 bits per heavy atom. The molecule has 2 aromatic heterocycles. The maximum atomic E-state index is 12.5. The largest absolute Gasteiger partial charge is 0.504 e. The lowest BCUT2D eigenvalue weighted by Crippen LogP contribution is -2.03. The summed E-state index contributed by atoms with van der Waals surface area (Å²) in [5.41, 5.74) is 0.719. The van der Waals surface area contributed by atoms with Crippen LogP contribution in [0, 0.1) is 0 Å². The Kier molecular flexibility index (Phi) is 2.67. The van der Waals surface area contributed by atoms with Crippen molar-refractivity contribution in [3.05, 3.63) is 54.4 Å². The fourth-order valence-corrected chi connectivity index (χ4v) is 1.97. The Labute approximate surface area is 111 Å². The molecule has 1 N–H and O–H groups in total. The van der Waals surface area contributed by atoms with Crippen LogP contribution in [0.5, 0.6) is 5.75 Å². The zero-order valence-electron chi connectivity index (χ0n) is 10.1. The number of halogens is 3. The van der Waals surface area contributed by atoms with Gasteiger partial charge in [0.1, 0.15) is 0 Å². The van der Waals surface area contributed by atoms with E-state index in [1.54, 1.807) is 22.9 Å². The average molecular weight is 278 g/mol. The molecule has 2 heterocycles. The molecule has 102 valence electrons. The first-order valence-electron chi connectivity index (χ1n) is 5.79. The highest BCUT2D eigenvalue weighted by Gasteiger charge is 2.30. The van der Waals surface area contributed by atoms with Crippen LogP contribution in [0.25, 0.3) is 16.9 Å². The first-order chi connectivity index (χ1) is 9.45. The predicted octanol–water partition coefficient (Wildman–Crippen LogP) is 3.73. The van der Waals surface area contributed by atoms with E-state index >= 15 is 0 Å². The van der Waals surface area contributed by atoms with E-state index in [0.717, 1.165) is 12.1 Å². The van der Waals surface area contributed by atoms with Crippen LogP contribution in [0.15, 0.2) is 48.8 Å². The van der Waals surface area contributed by atoms with Crippen molar-refractivity contribution >= 4 is 5.65 Å². The number of hydrogen-bond donors (Lipinski definition) is 1. The molecule has 0 saturated heterocycles. The number of benzene rings is 1. The molecule has 20 heavy (non-hydrogen) atoms. The second-order valence-electron chi connectivity index (χ2n) is 4.33. The van der Waals surface area contributed by atoms with E-state index in [-0.39, 0.29) is 5.75 Å². The second-order valence-corrected chi connectivity index (χ2v) is 4.33. The van der Waals surface area contributed by atoms with Crippen LogP contribution in [-0.4, -0.2) is 14.5 Å². The summed E-state index contributed by atoms with van der Waals surface area (Å²) in [6, 6.07) is 7.90. The minimum Gasteiger partial charge on any atom is -0.504 e. The minimum atomic E-state index is -4.35. The highest BCUT2D eigenvalue weighted by Crippen LogP contribution is 2.31. The molecule has 3 aromatic rings. The standard InChI is InChI=1S/C14H9F3N2O/c15-14(16,17)10-5-3-9(4-6-10)11-8-19-7-1-2-12(20)13(19)18-11/h1-8,20H. The molecule has 0 bridgehead atoms. The minimum absolute atomic E-state index is 0.0191. The molecular weight excluding hydrogens is 269 g/mol. The molecule has 1 aromatic carbocycles. The van der Waals surface area contributed by atoms with Crippen LogP contribution in [-0.2, 0) is 6.18 Å². The van der Waals surface area contributed by atoms with Crippen molar-refractivity contribution in [3.63, 3.8) is 0 Å². The summed E-state index contributed by atoms with van der Waals surface area (Å²) in [4.78, 5) is 4.21. The maximum Gasteiger partial charge on any atom is 0.416 e. The summed E-state index contributed by atoms with van der Waals surface area (Å²) in [7, 11) is 0. The number of hydrogen-bond acceptors (Lipinski definition) is 2. The van der Waals surface area contributed by atoms with Gasteiger partial charge in [0.25, 0.3) is 0 Å². The smallest absolute Gasteiger partial charge is 0.416 e. The Morgan fingerprint density at radius 1 is 1.05 bits per heavy atom. The summed E-state index contributed by atoms with van der Waals surface area (Å²) in [5.74, 6) is 0.0191. The number of pyridine rings is 1. The van der Waals surface area contributed by atoms with Crippen molar-refractivity contribution in [1.29, 1.82) is 0 Å². The second kappa shape index (κ2) is 4.26. The molecule has 0 aliphatic rings. The molecule has 0 aliphatic carbocycles. The zero-order valence-corrected chi connectivity index (χ0v) is 10.1. The van der Waals surface area contributed by atoms with Crippen LogP contribution in [0.3, 0.4) is 0 Å². The average Bonchev–Trinajstić information content (AvgIpc) is 2.83. The molecule has 3 nitrogen and oxygen atoms in total. The summed E-state index contributed by atoms with van der Waals surface area (Å²) >= 11 is 0. The number of alkyl halides is 3. The van der Waals surface area contributed by atoms with Gasteiger partial charge in [-0.2, -0.15) is 13.2 Å². The highest BCUT2D eigenvalue weighted by atomic mass is 19.4. The van der Waals surface area contributed by atoms with Crippen molar-refractivity contribution in [2.45, 2.75) is 6.18 Å². The van der Waals surface area contributed by atoms with E-state index in [1.165, 1.54) is 18.2 Å². The van der Waals surface area contributed by atoms with Gasteiger partial charge in [0.15, 0.2) is 11.4 Å². The molecule has 0 fully saturated rings. The van der Waals surface area contributed by atoms with Gasteiger partial charge < -0.3 is 9.51 Å². The zero-order chi connectivity index (χ0) is 14.3. The number of imidazole rings is 1. The highest BCUT2D eigenvalue weighted by molar-refractivity contribution is 5.65. The van der Waals surface area contributed by atoms with Gasteiger partial charge in [0.2, 0.25) is 0 Å². The fraction of sp³-hybridized carbons (Fsp3) is 0.0714. The summed E-state index contributed by atoms with van der Waals surface area (Å²) in [6.45, 7) is 0. The number of aromatic hydroxyl groups is 1. The molecule has 0 amide bonds. The Bertz CT molecular complexity index is 760. The van der Waals surface area contributed by atoms with Crippen LogP contribution < -0.4 is 0 Å². The van der Waals surface area contributed by atoms with E-state index in [0.29, 0.717) is 16.9 Å². The van der Waals surface area contributed by atoms with Gasteiger partial charge in [0, 0.05) is 18.0 Å². The van der Waals surface area contributed by atoms with Crippen molar-refractivity contribution in [3.8, 4) is 17.0 Å². The number of rotatable bonds is 1. The van der Waals surface area contributed by atoms with Crippen molar-refractivity contribution in [1.82, 2.24) is 9.38 Å². The first-order valence-corrected chi connectivity index (χ1v) is 5.79. The van der Waals surface area contributed by atoms with Crippen molar-refractivity contribution in [2.24, 2.45) is 0 Å². The normalized spacial score (nSPS) is 11.9. The Hall–Kier alpha value is -2.50. The molecule has 6 heteroatoms. The molecule has 0 aliphatic heterocycles. The van der Waals surface area contributed by atoms with Crippen LogP contribution >= 0.6 is 0 Å². The molecule has 0 saturated carbocycles. The lowest BCUT2D eigenvalue weighted by Gasteiger charge is -2.06. The third kappa shape index (κ3) is 2.09.